The average molecular weight is 267 g/mol. The first-order valence-corrected chi connectivity index (χ1v) is 7.31. The van der Waals surface area contributed by atoms with Crippen molar-refractivity contribution in [3.63, 3.8) is 0 Å². The first kappa shape index (κ1) is 13.1. The van der Waals surface area contributed by atoms with E-state index in [1.165, 1.54) is 30.4 Å². The summed E-state index contributed by atoms with van der Waals surface area (Å²) in [4.78, 5) is 6.66. The van der Waals surface area contributed by atoms with Crippen LogP contribution in [0.3, 0.4) is 0 Å². The lowest BCUT2D eigenvalue weighted by molar-refractivity contribution is 0.140. The number of nitrogen functional groups attached to an aromatic ring is 1. The zero-order chi connectivity index (χ0) is 13.8. The van der Waals surface area contributed by atoms with Crippen LogP contribution in [0.15, 0.2) is 48.8 Å². The van der Waals surface area contributed by atoms with Gasteiger partial charge in [0.15, 0.2) is 0 Å². The molecule has 1 aromatic heterocycles. The van der Waals surface area contributed by atoms with Gasteiger partial charge in [0.05, 0.1) is 0 Å². The number of rotatable bonds is 3. The second kappa shape index (κ2) is 6.06. The molecular formula is C17H21N3. The van der Waals surface area contributed by atoms with Gasteiger partial charge in [0.2, 0.25) is 0 Å². The van der Waals surface area contributed by atoms with Gasteiger partial charge >= 0.3 is 0 Å². The molecule has 1 aliphatic heterocycles. The molecule has 1 saturated heterocycles. The molecule has 0 amide bonds. The molecule has 1 atom stereocenters. The van der Waals surface area contributed by atoms with E-state index in [0.29, 0.717) is 6.04 Å². The number of benzene rings is 1. The van der Waals surface area contributed by atoms with Gasteiger partial charge in [-0.3, -0.25) is 9.88 Å². The van der Waals surface area contributed by atoms with Crippen LogP contribution in [-0.2, 0) is 6.54 Å². The van der Waals surface area contributed by atoms with Crippen LogP contribution < -0.4 is 5.73 Å². The summed E-state index contributed by atoms with van der Waals surface area (Å²) in [6, 6.07) is 13.0. The molecule has 3 rings (SSSR count). The Morgan fingerprint density at radius 1 is 1.15 bits per heavy atom. The first-order chi connectivity index (χ1) is 9.83. The molecule has 1 aliphatic rings. The van der Waals surface area contributed by atoms with Crippen molar-refractivity contribution in [2.24, 2.45) is 0 Å². The van der Waals surface area contributed by atoms with Crippen LogP contribution >= 0.6 is 0 Å². The third kappa shape index (κ3) is 2.99. The molecule has 3 nitrogen and oxygen atoms in total. The third-order valence-electron chi connectivity index (χ3n) is 4.04. The predicted molar refractivity (Wildman–Crippen MR) is 82.1 cm³/mol. The van der Waals surface area contributed by atoms with E-state index in [-0.39, 0.29) is 0 Å². The lowest BCUT2D eigenvalue weighted by Crippen LogP contribution is -2.32. The summed E-state index contributed by atoms with van der Waals surface area (Å²) >= 11 is 0. The quantitative estimate of drug-likeness (QED) is 0.867. The van der Waals surface area contributed by atoms with Gasteiger partial charge in [-0.2, -0.15) is 0 Å². The van der Waals surface area contributed by atoms with Gasteiger partial charge in [0, 0.05) is 30.7 Å². The maximum absolute atomic E-state index is 5.94. The van der Waals surface area contributed by atoms with Crippen LogP contribution in [0.5, 0.6) is 0 Å². The standard InChI is InChI=1S/C17H21N3/c18-16-5-3-4-15(12-16)17-6-1-2-11-20(17)13-14-7-9-19-10-8-14/h3-5,7-10,12,17H,1-2,6,11,13,18H2. The fourth-order valence-electron chi connectivity index (χ4n) is 3.05. The van der Waals surface area contributed by atoms with Crippen LogP contribution in [0.2, 0.25) is 0 Å². The molecule has 1 unspecified atom stereocenters. The van der Waals surface area contributed by atoms with Gasteiger partial charge in [0.25, 0.3) is 0 Å². The Hall–Kier alpha value is -1.87. The molecule has 0 saturated carbocycles. The largest absolute Gasteiger partial charge is 0.399 e. The zero-order valence-electron chi connectivity index (χ0n) is 11.7. The van der Waals surface area contributed by atoms with Crippen molar-refractivity contribution in [3.8, 4) is 0 Å². The van der Waals surface area contributed by atoms with E-state index >= 15 is 0 Å². The monoisotopic (exact) mass is 267 g/mol. The van der Waals surface area contributed by atoms with E-state index in [0.717, 1.165) is 18.8 Å². The number of anilines is 1. The minimum atomic E-state index is 0.486. The lowest BCUT2D eigenvalue weighted by atomic mass is 9.94. The number of hydrogen-bond acceptors (Lipinski definition) is 3. The van der Waals surface area contributed by atoms with E-state index in [9.17, 15) is 0 Å². The summed E-state index contributed by atoms with van der Waals surface area (Å²) in [7, 11) is 0. The molecule has 20 heavy (non-hydrogen) atoms. The Labute approximate surface area is 120 Å². The van der Waals surface area contributed by atoms with Crippen molar-refractivity contribution < 1.29 is 0 Å². The summed E-state index contributed by atoms with van der Waals surface area (Å²) in [5.74, 6) is 0. The van der Waals surface area contributed by atoms with E-state index < -0.39 is 0 Å². The van der Waals surface area contributed by atoms with Crippen molar-refractivity contribution in [2.75, 3.05) is 12.3 Å². The number of piperidine rings is 1. The van der Waals surface area contributed by atoms with Crippen molar-refractivity contribution >= 4 is 5.69 Å². The second-order valence-corrected chi connectivity index (χ2v) is 5.51. The minimum absolute atomic E-state index is 0.486. The molecule has 2 aromatic rings. The normalized spacial score (nSPS) is 19.9. The molecule has 0 aliphatic carbocycles. The van der Waals surface area contributed by atoms with Gasteiger partial charge in [0.1, 0.15) is 0 Å². The van der Waals surface area contributed by atoms with E-state index in [4.69, 9.17) is 5.73 Å². The molecule has 1 aromatic carbocycles. The second-order valence-electron chi connectivity index (χ2n) is 5.51. The Bertz CT molecular complexity index is 553. The highest BCUT2D eigenvalue weighted by atomic mass is 15.2. The molecule has 0 bridgehead atoms. The van der Waals surface area contributed by atoms with Crippen LogP contribution in [0, 0.1) is 0 Å². The van der Waals surface area contributed by atoms with Crippen molar-refractivity contribution in [1.82, 2.24) is 9.88 Å². The highest BCUT2D eigenvalue weighted by Gasteiger charge is 2.23. The Kier molecular flexibility index (Phi) is 3.97. The average Bonchev–Trinajstić information content (AvgIpc) is 2.49. The fourth-order valence-corrected chi connectivity index (χ4v) is 3.05. The topological polar surface area (TPSA) is 42.1 Å². The summed E-state index contributed by atoms with van der Waals surface area (Å²) in [6.07, 6.45) is 7.54. The number of hydrogen-bond donors (Lipinski definition) is 1. The van der Waals surface area contributed by atoms with Crippen molar-refractivity contribution in [1.29, 1.82) is 0 Å². The van der Waals surface area contributed by atoms with Gasteiger partial charge in [-0.15, -0.1) is 0 Å². The smallest absolute Gasteiger partial charge is 0.0352 e. The van der Waals surface area contributed by atoms with Gasteiger partial charge in [-0.25, -0.2) is 0 Å². The molecule has 104 valence electrons. The number of likely N-dealkylation sites (tertiary alicyclic amines) is 1. The van der Waals surface area contributed by atoms with Crippen LogP contribution in [0.25, 0.3) is 0 Å². The molecule has 0 radical (unpaired) electrons. The van der Waals surface area contributed by atoms with Crippen LogP contribution in [0.4, 0.5) is 5.69 Å². The number of aromatic nitrogens is 1. The molecular weight excluding hydrogens is 246 g/mol. The molecule has 2 heterocycles. The first-order valence-electron chi connectivity index (χ1n) is 7.31. The number of nitrogens with two attached hydrogens (primary N) is 1. The summed E-state index contributed by atoms with van der Waals surface area (Å²) in [5, 5.41) is 0. The van der Waals surface area contributed by atoms with Crippen LogP contribution in [0.1, 0.15) is 36.4 Å². The number of pyridine rings is 1. The molecule has 2 N–H and O–H groups in total. The highest BCUT2D eigenvalue weighted by molar-refractivity contribution is 5.41. The lowest BCUT2D eigenvalue weighted by Gasteiger charge is -2.36. The Morgan fingerprint density at radius 3 is 2.80 bits per heavy atom. The summed E-state index contributed by atoms with van der Waals surface area (Å²) in [5.41, 5.74) is 9.47. The SMILES string of the molecule is Nc1cccc(C2CCCCN2Cc2ccncc2)c1. The fraction of sp³-hybridized carbons (Fsp3) is 0.353. The summed E-state index contributed by atoms with van der Waals surface area (Å²) < 4.78 is 0. The van der Waals surface area contributed by atoms with Crippen molar-refractivity contribution in [2.45, 2.75) is 31.8 Å². The van der Waals surface area contributed by atoms with Gasteiger partial charge in [-0.05, 0) is 54.8 Å². The predicted octanol–water partition coefficient (Wildman–Crippen LogP) is 3.39. The van der Waals surface area contributed by atoms with Crippen LogP contribution in [-0.4, -0.2) is 16.4 Å². The third-order valence-corrected chi connectivity index (χ3v) is 4.04. The molecule has 1 fully saturated rings. The van der Waals surface area contributed by atoms with Gasteiger partial charge < -0.3 is 5.73 Å². The Morgan fingerprint density at radius 2 is 2.00 bits per heavy atom. The van der Waals surface area contributed by atoms with E-state index in [1.54, 1.807) is 0 Å². The maximum atomic E-state index is 5.94. The zero-order valence-corrected chi connectivity index (χ0v) is 11.7. The Balaban J connectivity index is 1.80. The summed E-state index contributed by atoms with van der Waals surface area (Å²) in [6.45, 7) is 2.14. The molecule has 0 spiro atoms. The maximum Gasteiger partial charge on any atom is 0.0352 e. The number of nitrogens with zero attached hydrogens (tertiary/aromatic N) is 2. The van der Waals surface area contributed by atoms with E-state index in [2.05, 4.69) is 40.2 Å². The highest BCUT2D eigenvalue weighted by Crippen LogP contribution is 2.32. The van der Waals surface area contributed by atoms with Crippen molar-refractivity contribution in [3.05, 3.63) is 59.9 Å². The molecule has 3 heteroatoms. The van der Waals surface area contributed by atoms with E-state index in [1.807, 2.05) is 18.5 Å². The minimum Gasteiger partial charge on any atom is -0.399 e. The van der Waals surface area contributed by atoms with Gasteiger partial charge in [-0.1, -0.05) is 18.6 Å².